The number of fused-ring (bicyclic) bond motifs is 5. The Hall–Kier alpha value is -0.0400. The molecule has 4 fully saturated rings. The van der Waals surface area contributed by atoms with E-state index in [1.165, 1.54) is 70.6 Å². The van der Waals surface area contributed by atoms with Crippen molar-refractivity contribution in [1.82, 2.24) is 0 Å². The molecule has 0 spiro atoms. The molecule has 4 rings (SSSR count). The second-order valence-electron chi connectivity index (χ2n) is 11.8. The highest BCUT2D eigenvalue weighted by atomic mass is 14.8. The van der Waals surface area contributed by atoms with E-state index in [4.69, 9.17) is 5.73 Å². The second-order valence-corrected chi connectivity index (χ2v) is 11.8. The molecule has 0 aromatic rings. The summed E-state index contributed by atoms with van der Waals surface area (Å²) in [6.07, 6.45) is 15.5. The van der Waals surface area contributed by atoms with E-state index in [2.05, 4.69) is 34.6 Å². The lowest BCUT2D eigenvalue weighted by Gasteiger charge is -2.67. The average Bonchev–Trinajstić information content (AvgIpc) is 2.97. The van der Waals surface area contributed by atoms with Crippen LogP contribution in [0.2, 0.25) is 0 Å². The minimum atomic E-state index is 0.203. The van der Waals surface area contributed by atoms with Gasteiger partial charge >= 0.3 is 0 Å². The standard InChI is InChI=1S/C24H43N/c1-6-21(2,3)17-11-13-22(4)18(16-17)9-10-19-20-8-7-12-24(20,25)15-14-23(19,22)5/h17-20H,6-16,25H2,1-5H3/t17?,18?,19-,20?,22-,23-,24+/m1/s1. The van der Waals surface area contributed by atoms with E-state index in [0.717, 1.165) is 23.7 Å². The Bertz CT molecular complexity index is 524. The Morgan fingerprint density at radius 1 is 0.880 bits per heavy atom. The van der Waals surface area contributed by atoms with Gasteiger partial charge in [0.1, 0.15) is 0 Å². The molecule has 7 atom stereocenters. The molecule has 0 bridgehead atoms. The van der Waals surface area contributed by atoms with Crippen LogP contribution in [0.3, 0.4) is 0 Å². The number of hydrogen-bond acceptors (Lipinski definition) is 1. The van der Waals surface area contributed by atoms with E-state index in [1.54, 1.807) is 0 Å². The van der Waals surface area contributed by atoms with Gasteiger partial charge in [0.15, 0.2) is 0 Å². The molecule has 4 aliphatic rings. The molecule has 0 aromatic carbocycles. The average molecular weight is 346 g/mol. The summed E-state index contributed by atoms with van der Waals surface area (Å²) in [5.41, 5.74) is 8.79. The van der Waals surface area contributed by atoms with Crippen LogP contribution in [0.25, 0.3) is 0 Å². The highest BCUT2D eigenvalue weighted by Gasteiger charge is 2.64. The van der Waals surface area contributed by atoms with Crippen molar-refractivity contribution in [2.75, 3.05) is 0 Å². The van der Waals surface area contributed by atoms with Gasteiger partial charge in [-0.15, -0.1) is 0 Å². The first-order valence-corrected chi connectivity index (χ1v) is 11.5. The Morgan fingerprint density at radius 3 is 2.36 bits per heavy atom. The summed E-state index contributed by atoms with van der Waals surface area (Å²) in [5.74, 6) is 3.64. The van der Waals surface area contributed by atoms with Crippen molar-refractivity contribution in [1.29, 1.82) is 0 Å². The molecule has 0 heterocycles. The molecule has 4 aliphatic carbocycles. The Kier molecular flexibility index (Phi) is 4.20. The molecule has 1 heteroatoms. The Labute approximate surface area is 156 Å². The fraction of sp³-hybridized carbons (Fsp3) is 1.00. The molecule has 0 radical (unpaired) electrons. The summed E-state index contributed by atoms with van der Waals surface area (Å²) < 4.78 is 0. The van der Waals surface area contributed by atoms with Gasteiger partial charge in [-0.05, 0) is 97.7 Å². The van der Waals surface area contributed by atoms with E-state index in [9.17, 15) is 0 Å². The molecular weight excluding hydrogens is 302 g/mol. The monoisotopic (exact) mass is 345 g/mol. The van der Waals surface area contributed by atoms with E-state index in [1.807, 2.05) is 0 Å². The van der Waals surface area contributed by atoms with Crippen molar-refractivity contribution in [2.24, 2.45) is 45.7 Å². The van der Waals surface area contributed by atoms with Gasteiger partial charge in [-0.1, -0.05) is 47.5 Å². The summed E-state index contributed by atoms with van der Waals surface area (Å²) in [7, 11) is 0. The van der Waals surface area contributed by atoms with Crippen LogP contribution in [-0.2, 0) is 0 Å². The lowest BCUT2D eigenvalue weighted by atomic mass is 9.38. The van der Waals surface area contributed by atoms with Crippen LogP contribution < -0.4 is 5.73 Å². The number of nitrogens with two attached hydrogens (primary N) is 1. The fourth-order valence-corrected chi connectivity index (χ4v) is 8.35. The zero-order chi connectivity index (χ0) is 18.1. The van der Waals surface area contributed by atoms with Crippen molar-refractivity contribution in [3.8, 4) is 0 Å². The predicted octanol–water partition coefficient (Wildman–Crippen LogP) is 6.55. The third kappa shape index (κ3) is 2.43. The molecular formula is C24H43N. The van der Waals surface area contributed by atoms with Gasteiger partial charge in [0.2, 0.25) is 0 Å². The zero-order valence-corrected chi connectivity index (χ0v) is 17.7. The van der Waals surface area contributed by atoms with Crippen LogP contribution in [0.5, 0.6) is 0 Å². The summed E-state index contributed by atoms with van der Waals surface area (Å²) in [4.78, 5) is 0. The van der Waals surface area contributed by atoms with Crippen LogP contribution in [0.15, 0.2) is 0 Å². The lowest BCUT2D eigenvalue weighted by Crippen LogP contribution is -2.63. The zero-order valence-electron chi connectivity index (χ0n) is 17.7. The molecule has 0 aromatic heterocycles. The quantitative estimate of drug-likeness (QED) is 0.603. The first kappa shape index (κ1) is 18.3. The van der Waals surface area contributed by atoms with E-state index < -0.39 is 0 Å². The summed E-state index contributed by atoms with van der Waals surface area (Å²) in [6.45, 7) is 12.9. The Balaban J connectivity index is 1.61. The normalized spacial score (nSPS) is 53.0. The van der Waals surface area contributed by atoms with Crippen LogP contribution in [0, 0.1) is 39.9 Å². The van der Waals surface area contributed by atoms with Gasteiger partial charge in [0.25, 0.3) is 0 Å². The van der Waals surface area contributed by atoms with E-state index >= 15 is 0 Å². The fourth-order valence-electron chi connectivity index (χ4n) is 8.35. The van der Waals surface area contributed by atoms with E-state index in [0.29, 0.717) is 16.2 Å². The van der Waals surface area contributed by atoms with Crippen LogP contribution in [0.1, 0.15) is 105 Å². The highest BCUT2D eigenvalue weighted by Crippen LogP contribution is 2.70. The summed E-state index contributed by atoms with van der Waals surface area (Å²) >= 11 is 0. The summed E-state index contributed by atoms with van der Waals surface area (Å²) in [6, 6.07) is 0. The van der Waals surface area contributed by atoms with Crippen molar-refractivity contribution in [2.45, 2.75) is 111 Å². The van der Waals surface area contributed by atoms with Crippen LogP contribution >= 0.6 is 0 Å². The van der Waals surface area contributed by atoms with Gasteiger partial charge in [-0.3, -0.25) is 0 Å². The van der Waals surface area contributed by atoms with E-state index in [-0.39, 0.29) is 5.54 Å². The number of hydrogen-bond donors (Lipinski definition) is 1. The molecule has 0 aliphatic heterocycles. The topological polar surface area (TPSA) is 26.0 Å². The molecule has 25 heavy (non-hydrogen) atoms. The van der Waals surface area contributed by atoms with Gasteiger partial charge < -0.3 is 5.73 Å². The van der Waals surface area contributed by atoms with Gasteiger partial charge in [0, 0.05) is 5.54 Å². The smallest absolute Gasteiger partial charge is 0.0185 e. The molecule has 1 nitrogen and oxygen atoms in total. The Morgan fingerprint density at radius 2 is 1.64 bits per heavy atom. The molecule has 144 valence electrons. The third-order valence-electron chi connectivity index (χ3n) is 10.9. The van der Waals surface area contributed by atoms with Gasteiger partial charge in [-0.25, -0.2) is 0 Å². The minimum absolute atomic E-state index is 0.203. The first-order chi connectivity index (χ1) is 11.7. The maximum atomic E-state index is 6.94. The largest absolute Gasteiger partial charge is 0.325 e. The first-order valence-electron chi connectivity index (χ1n) is 11.5. The van der Waals surface area contributed by atoms with Crippen LogP contribution in [0.4, 0.5) is 0 Å². The molecule has 2 N–H and O–H groups in total. The van der Waals surface area contributed by atoms with Crippen LogP contribution in [-0.4, -0.2) is 5.54 Å². The summed E-state index contributed by atoms with van der Waals surface area (Å²) in [5, 5.41) is 0. The molecule has 3 unspecified atom stereocenters. The minimum Gasteiger partial charge on any atom is -0.325 e. The van der Waals surface area contributed by atoms with Gasteiger partial charge in [-0.2, -0.15) is 0 Å². The van der Waals surface area contributed by atoms with Crippen molar-refractivity contribution in [3.05, 3.63) is 0 Å². The predicted molar refractivity (Wildman–Crippen MR) is 107 cm³/mol. The lowest BCUT2D eigenvalue weighted by molar-refractivity contribution is -0.170. The van der Waals surface area contributed by atoms with Crippen molar-refractivity contribution in [3.63, 3.8) is 0 Å². The maximum Gasteiger partial charge on any atom is 0.0185 e. The highest BCUT2D eigenvalue weighted by molar-refractivity contribution is 5.15. The number of rotatable bonds is 2. The second kappa shape index (κ2) is 5.73. The molecule has 4 saturated carbocycles. The molecule has 0 saturated heterocycles. The maximum absolute atomic E-state index is 6.94. The molecule has 0 amide bonds. The third-order valence-corrected chi connectivity index (χ3v) is 10.9. The SMILES string of the molecule is CCC(C)(C)C1CC[C@]2(C)C(CC[C@@H]3C4CCC[C@]4(N)CC[C@]32C)C1. The van der Waals surface area contributed by atoms with Crippen molar-refractivity contribution < 1.29 is 0 Å². The van der Waals surface area contributed by atoms with Crippen molar-refractivity contribution >= 4 is 0 Å². The van der Waals surface area contributed by atoms with Gasteiger partial charge in [0.05, 0.1) is 0 Å².